The second-order valence-electron chi connectivity index (χ2n) is 7.38. The molecule has 0 spiro atoms. The van der Waals surface area contributed by atoms with Crippen molar-refractivity contribution < 1.29 is 14.3 Å². The maximum atomic E-state index is 12.3. The number of aryl methyl sites for hydroxylation is 1. The monoisotopic (exact) mass is 441 g/mol. The molecule has 0 saturated carbocycles. The Morgan fingerprint density at radius 1 is 1.13 bits per heavy atom. The molecule has 31 heavy (non-hydrogen) atoms. The average molecular weight is 442 g/mol. The van der Waals surface area contributed by atoms with Crippen molar-refractivity contribution in [1.29, 1.82) is 0 Å². The van der Waals surface area contributed by atoms with Crippen LogP contribution in [0.15, 0.2) is 35.7 Å². The van der Waals surface area contributed by atoms with Gasteiger partial charge in [0.2, 0.25) is 5.91 Å². The summed E-state index contributed by atoms with van der Waals surface area (Å²) in [4.78, 5) is 16.9. The molecule has 0 aliphatic heterocycles. The molecule has 6 nitrogen and oxygen atoms in total. The number of benzene rings is 1. The van der Waals surface area contributed by atoms with Crippen LogP contribution in [0, 0.1) is 13.8 Å². The number of nitrogens with one attached hydrogen (secondary N) is 1. The number of anilines is 1. The highest BCUT2D eigenvalue weighted by atomic mass is 32.1. The molecule has 2 aromatic heterocycles. The van der Waals surface area contributed by atoms with Gasteiger partial charge in [-0.25, -0.2) is 4.98 Å². The Morgan fingerprint density at radius 3 is 2.52 bits per heavy atom. The number of carbonyl (C=O) groups excluding carboxylic acids is 1. The van der Waals surface area contributed by atoms with E-state index in [2.05, 4.69) is 41.7 Å². The molecule has 0 atom stereocenters. The molecule has 3 aromatic rings. The van der Waals surface area contributed by atoms with Crippen molar-refractivity contribution in [3.05, 3.63) is 47.1 Å². The lowest BCUT2D eigenvalue weighted by Crippen LogP contribution is -2.12. The molecule has 1 aromatic carbocycles. The van der Waals surface area contributed by atoms with Crippen LogP contribution in [-0.4, -0.2) is 28.7 Å². The summed E-state index contributed by atoms with van der Waals surface area (Å²) in [7, 11) is 0. The van der Waals surface area contributed by atoms with Crippen LogP contribution in [0.5, 0.6) is 11.5 Å². The van der Waals surface area contributed by atoms with Crippen LogP contribution in [0.3, 0.4) is 0 Å². The number of aromatic nitrogens is 2. The predicted octanol–water partition coefficient (Wildman–Crippen LogP) is 5.83. The lowest BCUT2D eigenvalue weighted by molar-refractivity contribution is -0.116. The first kappa shape index (κ1) is 22.9. The fourth-order valence-corrected chi connectivity index (χ4v) is 4.21. The first-order valence-electron chi connectivity index (χ1n) is 10.8. The first-order chi connectivity index (χ1) is 15.0. The van der Waals surface area contributed by atoms with Crippen molar-refractivity contribution in [1.82, 2.24) is 9.55 Å². The van der Waals surface area contributed by atoms with E-state index >= 15 is 0 Å². The predicted molar refractivity (Wildman–Crippen MR) is 126 cm³/mol. The number of nitrogens with zero attached hydrogens (tertiary/aromatic N) is 2. The van der Waals surface area contributed by atoms with E-state index in [0.29, 0.717) is 31.2 Å². The third-order valence-corrected chi connectivity index (χ3v) is 5.76. The fourth-order valence-electron chi connectivity index (χ4n) is 3.49. The van der Waals surface area contributed by atoms with Gasteiger partial charge in [-0.15, -0.1) is 11.3 Å². The lowest BCUT2D eigenvalue weighted by atomic mass is 10.2. The smallest absolute Gasteiger partial charge is 0.226 e. The van der Waals surface area contributed by atoms with E-state index in [1.165, 1.54) is 22.7 Å². The zero-order valence-corrected chi connectivity index (χ0v) is 19.6. The molecule has 166 valence electrons. The van der Waals surface area contributed by atoms with Gasteiger partial charge in [0.05, 0.1) is 18.9 Å². The van der Waals surface area contributed by atoms with Crippen LogP contribution in [0.2, 0.25) is 0 Å². The van der Waals surface area contributed by atoms with Crippen LogP contribution in [-0.2, 0) is 11.3 Å². The second-order valence-corrected chi connectivity index (χ2v) is 8.24. The number of hydrogen-bond donors (Lipinski definition) is 1. The van der Waals surface area contributed by atoms with E-state index < -0.39 is 0 Å². The molecule has 1 amide bonds. The van der Waals surface area contributed by atoms with Crippen molar-refractivity contribution >= 4 is 22.4 Å². The van der Waals surface area contributed by atoms with Gasteiger partial charge in [-0.3, -0.25) is 4.79 Å². The van der Waals surface area contributed by atoms with Crippen molar-refractivity contribution in [3.8, 4) is 22.8 Å². The van der Waals surface area contributed by atoms with E-state index in [0.717, 1.165) is 35.7 Å². The quantitative estimate of drug-likeness (QED) is 0.380. The number of amides is 1. The zero-order valence-electron chi connectivity index (χ0n) is 18.7. The number of rotatable bonds is 11. The van der Waals surface area contributed by atoms with Gasteiger partial charge in [-0.2, -0.15) is 0 Å². The molecule has 0 saturated heterocycles. The number of hydrogen-bond acceptors (Lipinski definition) is 5. The van der Waals surface area contributed by atoms with Gasteiger partial charge >= 0.3 is 0 Å². The molecule has 0 aliphatic carbocycles. The van der Waals surface area contributed by atoms with Gasteiger partial charge in [0.25, 0.3) is 0 Å². The maximum Gasteiger partial charge on any atom is 0.226 e. The minimum Gasteiger partial charge on any atom is -0.494 e. The SMILES string of the molecule is CCCn1c(C)cc(-c2csc(NC(=O)CCCOc3ccc(OCC)cc3)n2)c1C. The van der Waals surface area contributed by atoms with Crippen LogP contribution in [0.1, 0.15) is 44.5 Å². The Kier molecular flexibility index (Phi) is 8.12. The van der Waals surface area contributed by atoms with E-state index in [4.69, 9.17) is 9.47 Å². The summed E-state index contributed by atoms with van der Waals surface area (Å²) in [6, 6.07) is 9.68. The highest BCUT2D eigenvalue weighted by molar-refractivity contribution is 7.14. The minimum absolute atomic E-state index is 0.0485. The molecule has 0 aliphatic rings. The van der Waals surface area contributed by atoms with E-state index in [9.17, 15) is 4.79 Å². The summed E-state index contributed by atoms with van der Waals surface area (Å²) in [6.07, 6.45) is 2.11. The van der Waals surface area contributed by atoms with Gasteiger partial charge in [-0.05, 0) is 63.9 Å². The van der Waals surface area contributed by atoms with Gasteiger partial charge in [0, 0.05) is 35.3 Å². The summed E-state index contributed by atoms with van der Waals surface area (Å²) >= 11 is 1.46. The summed E-state index contributed by atoms with van der Waals surface area (Å²) in [5.41, 5.74) is 4.50. The standard InChI is InChI=1S/C24H31N3O3S/c1-5-13-27-17(3)15-21(18(27)4)22-16-31-24(25-22)26-23(28)8-7-14-30-20-11-9-19(10-12-20)29-6-2/h9-12,15-16H,5-8,13-14H2,1-4H3,(H,25,26,28). The summed E-state index contributed by atoms with van der Waals surface area (Å²) in [5.74, 6) is 1.55. The highest BCUT2D eigenvalue weighted by Gasteiger charge is 2.14. The van der Waals surface area contributed by atoms with E-state index in [1.54, 1.807) is 0 Å². The Morgan fingerprint density at radius 2 is 1.84 bits per heavy atom. The summed E-state index contributed by atoms with van der Waals surface area (Å²) in [5, 5.41) is 5.54. The zero-order chi connectivity index (χ0) is 22.2. The van der Waals surface area contributed by atoms with Crippen molar-refractivity contribution in [3.63, 3.8) is 0 Å². The average Bonchev–Trinajstić information content (AvgIpc) is 3.32. The fraction of sp³-hybridized carbons (Fsp3) is 0.417. The highest BCUT2D eigenvalue weighted by Crippen LogP contribution is 2.30. The normalized spacial score (nSPS) is 10.8. The molecular weight excluding hydrogens is 410 g/mol. The molecular formula is C24H31N3O3S. The van der Waals surface area contributed by atoms with E-state index in [-0.39, 0.29) is 5.91 Å². The van der Waals surface area contributed by atoms with Gasteiger partial charge in [0.15, 0.2) is 5.13 Å². The molecule has 7 heteroatoms. The third kappa shape index (κ3) is 6.10. The van der Waals surface area contributed by atoms with Crippen molar-refractivity contribution in [2.45, 2.75) is 53.5 Å². The van der Waals surface area contributed by atoms with Crippen LogP contribution < -0.4 is 14.8 Å². The Labute approximate surface area is 188 Å². The summed E-state index contributed by atoms with van der Waals surface area (Å²) < 4.78 is 13.4. The molecule has 2 heterocycles. The number of carbonyl (C=O) groups is 1. The molecule has 0 unspecified atom stereocenters. The minimum atomic E-state index is -0.0485. The van der Waals surface area contributed by atoms with Gasteiger partial charge in [0.1, 0.15) is 11.5 Å². The molecule has 1 N–H and O–H groups in total. The maximum absolute atomic E-state index is 12.3. The Bertz CT molecular complexity index is 992. The Hall–Kier alpha value is -2.80. The molecule has 0 radical (unpaired) electrons. The van der Waals surface area contributed by atoms with Gasteiger partial charge < -0.3 is 19.4 Å². The van der Waals surface area contributed by atoms with Gasteiger partial charge in [-0.1, -0.05) is 6.92 Å². The molecule has 0 bridgehead atoms. The van der Waals surface area contributed by atoms with Crippen LogP contribution in [0.25, 0.3) is 11.3 Å². The van der Waals surface area contributed by atoms with Crippen molar-refractivity contribution in [2.75, 3.05) is 18.5 Å². The lowest BCUT2D eigenvalue weighted by Gasteiger charge is -2.07. The topological polar surface area (TPSA) is 65.4 Å². The number of ether oxygens (including phenoxy) is 2. The Balaban J connectivity index is 1.46. The van der Waals surface area contributed by atoms with Crippen LogP contribution >= 0.6 is 11.3 Å². The first-order valence-corrected chi connectivity index (χ1v) is 11.7. The summed E-state index contributed by atoms with van der Waals surface area (Å²) in [6.45, 7) is 10.5. The largest absolute Gasteiger partial charge is 0.494 e. The van der Waals surface area contributed by atoms with Crippen molar-refractivity contribution in [2.24, 2.45) is 0 Å². The van der Waals surface area contributed by atoms with Crippen LogP contribution in [0.4, 0.5) is 5.13 Å². The molecule has 0 fully saturated rings. The van der Waals surface area contributed by atoms with E-state index in [1.807, 2.05) is 36.6 Å². The molecule has 3 rings (SSSR count). The number of thiazole rings is 1. The second kappa shape index (κ2) is 11.0. The third-order valence-electron chi connectivity index (χ3n) is 5.00.